The van der Waals surface area contributed by atoms with E-state index in [1.807, 2.05) is 26.0 Å². The molecule has 0 heterocycles. The van der Waals surface area contributed by atoms with Crippen LogP contribution in [-0.4, -0.2) is 33.0 Å². The summed E-state index contributed by atoms with van der Waals surface area (Å²) in [6.07, 6.45) is -1.10. The van der Waals surface area contributed by atoms with Crippen molar-refractivity contribution in [2.75, 3.05) is 11.9 Å². The van der Waals surface area contributed by atoms with E-state index in [2.05, 4.69) is 5.32 Å². The molecule has 0 radical (unpaired) electrons. The van der Waals surface area contributed by atoms with Gasteiger partial charge in [0.1, 0.15) is 5.75 Å². The van der Waals surface area contributed by atoms with Crippen LogP contribution in [0.1, 0.15) is 18.1 Å². The molecule has 0 saturated carbocycles. The van der Waals surface area contributed by atoms with Crippen LogP contribution in [0.3, 0.4) is 0 Å². The Labute approximate surface area is 163 Å². The summed E-state index contributed by atoms with van der Waals surface area (Å²) in [7, 11) is -3.89. The molecule has 0 aliphatic carbocycles. The van der Waals surface area contributed by atoms with Crippen molar-refractivity contribution in [2.24, 2.45) is 5.14 Å². The number of anilines is 1. The number of esters is 1. The van der Waals surface area contributed by atoms with Crippen LogP contribution in [-0.2, 0) is 24.3 Å². The van der Waals surface area contributed by atoms with Crippen molar-refractivity contribution in [1.29, 1.82) is 0 Å². The van der Waals surface area contributed by atoms with Gasteiger partial charge in [-0.25, -0.2) is 18.4 Å². The van der Waals surface area contributed by atoms with E-state index < -0.39 is 28.0 Å². The molecule has 0 unspecified atom stereocenters. The molecule has 9 heteroatoms. The summed E-state index contributed by atoms with van der Waals surface area (Å²) >= 11 is 0. The summed E-state index contributed by atoms with van der Waals surface area (Å²) in [5.41, 5.74) is 2.15. The molecule has 1 amide bonds. The van der Waals surface area contributed by atoms with Gasteiger partial charge in [0, 0.05) is 5.69 Å². The highest BCUT2D eigenvalue weighted by Gasteiger charge is 2.19. The fourth-order valence-corrected chi connectivity index (χ4v) is 2.86. The molecule has 0 saturated heterocycles. The van der Waals surface area contributed by atoms with Crippen molar-refractivity contribution in [3.8, 4) is 5.75 Å². The molecule has 2 aromatic carbocycles. The van der Waals surface area contributed by atoms with E-state index in [4.69, 9.17) is 14.6 Å². The van der Waals surface area contributed by atoms with Gasteiger partial charge >= 0.3 is 5.97 Å². The Morgan fingerprint density at radius 3 is 2.50 bits per heavy atom. The third-order valence-corrected chi connectivity index (χ3v) is 4.92. The molecule has 1 atom stereocenters. The van der Waals surface area contributed by atoms with Gasteiger partial charge in [-0.15, -0.1) is 0 Å². The summed E-state index contributed by atoms with van der Waals surface area (Å²) < 4.78 is 33.2. The molecule has 8 nitrogen and oxygen atoms in total. The highest BCUT2D eigenvalue weighted by molar-refractivity contribution is 7.89. The summed E-state index contributed by atoms with van der Waals surface area (Å²) in [6.45, 7) is 4.86. The number of ether oxygens (including phenoxy) is 2. The van der Waals surface area contributed by atoms with Crippen LogP contribution >= 0.6 is 0 Å². The zero-order chi connectivity index (χ0) is 20.9. The number of aryl methyl sites for hydroxylation is 1. The first kappa shape index (κ1) is 21.4. The number of carbonyl (C=O) groups is 2. The first-order valence-corrected chi connectivity index (χ1v) is 9.95. The van der Waals surface area contributed by atoms with Gasteiger partial charge in [0.15, 0.2) is 12.7 Å². The third kappa shape index (κ3) is 5.80. The summed E-state index contributed by atoms with van der Waals surface area (Å²) in [4.78, 5) is 24.0. The number of primary sulfonamides is 1. The molecule has 0 fully saturated rings. The van der Waals surface area contributed by atoms with Gasteiger partial charge in [0.25, 0.3) is 5.91 Å². The number of amides is 1. The average molecular weight is 406 g/mol. The topological polar surface area (TPSA) is 125 Å². The first-order chi connectivity index (χ1) is 13.1. The van der Waals surface area contributed by atoms with Crippen LogP contribution in [0, 0.1) is 13.8 Å². The summed E-state index contributed by atoms with van der Waals surface area (Å²) in [5.74, 6) is -0.762. The van der Waals surface area contributed by atoms with E-state index in [-0.39, 0.29) is 17.2 Å². The Hall–Kier alpha value is -2.91. The fraction of sp³-hybridized carbons (Fsp3) is 0.263. The molecule has 0 aliphatic heterocycles. The minimum absolute atomic E-state index is 0.142. The highest BCUT2D eigenvalue weighted by Crippen LogP contribution is 2.20. The van der Waals surface area contributed by atoms with Crippen LogP contribution in [0.25, 0.3) is 0 Å². The lowest BCUT2D eigenvalue weighted by atomic mass is 10.1. The zero-order valence-corrected chi connectivity index (χ0v) is 16.6. The van der Waals surface area contributed by atoms with Crippen molar-refractivity contribution in [3.63, 3.8) is 0 Å². The van der Waals surface area contributed by atoms with Crippen LogP contribution in [0.15, 0.2) is 47.4 Å². The van der Waals surface area contributed by atoms with E-state index in [0.29, 0.717) is 5.75 Å². The molecule has 0 aromatic heterocycles. The van der Waals surface area contributed by atoms with Gasteiger partial charge < -0.3 is 14.8 Å². The summed E-state index contributed by atoms with van der Waals surface area (Å²) in [5, 5.41) is 7.53. The van der Waals surface area contributed by atoms with Gasteiger partial charge in [0.2, 0.25) is 10.0 Å². The molecular formula is C19H22N2O6S. The smallest absolute Gasteiger partial charge is 0.344 e. The quantitative estimate of drug-likeness (QED) is 0.677. The lowest BCUT2D eigenvalue weighted by molar-refractivity contribution is -0.155. The van der Waals surface area contributed by atoms with Crippen molar-refractivity contribution in [3.05, 3.63) is 53.6 Å². The minimum Gasteiger partial charge on any atom is -0.482 e. The number of nitrogens with one attached hydrogen (secondary N) is 1. The molecule has 2 rings (SSSR count). The predicted octanol–water partition coefficient (Wildman–Crippen LogP) is 1.90. The largest absolute Gasteiger partial charge is 0.482 e. The molecule has 0 aliphatic rings. The third-order valence-electron chi connectivity index (χ3n) is 4.01. The summed E-state index contributed by atoms with van der Waals surface area (Å²) in [6, 6.07) is 10.9. The second-order valence-corrected chi connectivity index (χ2v) is 7.74. The van der Waals surface area contributed by atoms with Gasteiger partial charge in [-0.1, -0.05) is 18.2 Å². The SMILES string of the molecule is Cc1cccc(OCC(=O)O[C@H](C)C(=O)Nc2cccc(S(N)(=O)=O)c2)c1C. The van der Waals surface area contributed by atoms with E-state index in [0.717, 1.165) is 11.1 Å². The Bertz CT molecular complexity index is 988. The number of rotatable bonds is 7. The number of benzene rings is 2. The van der Waals surface area contributed by atoms with E-state index >= 15 is 0 Å². The normalized spacial score (nSPS) is 12.1. The fourth-order valence-electron chi connectivity index (χ4n) is 2.30. The van der Waals surface area contributed by atoms with Crippen molar-refractivity contribution in [2.45, 2.75) is 31.8 Å². The van der Waals surface area contributed by atoms with E-state index in [1.54, 1.807) is 6.07 Å². The monoisotopic (exact) mass is 406 g/mol. The van der Waals surface area contributed by atoms with E-state index in [1.165, 1.54) is 31.2 Å². The predicted molar refractivity (Wildman–Crippen MR) is 103 cm³/mol. The standard InChI is InChI=1S/C19H22N2O6S/c1-12-6-4-9-17(13(12)2)26-11-18(22)27-14(3)19(23)21-15-7-5-8-16(10-15)28(20,24)25/h4-10,14H,11H2,1-3H3,(H,21,23)(H2,20,24,25)/t14-/m1/s1. The van der Waals surface area contributed by atoms with Crippen molar-refractivity contribution >= 4 is 27.6 Å². The molecule has 150 valence electrons. The minimum atomic E-state index is -3.89. The van der Waals surface area contributed by atoms with Gasteiger partial charge in [0.05, 0.1) is 4.90 Å². The Morgan fingerprint density at radius 2 is 1.82 bits per heavy atom. The Kier molecular flexibility index (Phi) is 6.76. The van der Waals surface area contributed by atoms with Gasteiger partial charge in [-0.2, -0.15) is 0 Å². The van der Waals surface area contributed by atoms with Crippen molar-refractivity contribution < 1.29 is 27.5 Å². The van der Waals surface area contributed by atoms with E-state index in [9.17, 15) is 18.0 Å². The number of hydrogen-bond donors (Lipinski definition) is 2. The Balaban J connectivity index is 1.91. The van der Waals surface area contributed by atoms with Gasteiger partial charge in [-0.3, -0.25) is 4.79 Å². The van der Waals surface area contributed by atoms with Crippen LogP contribution in [0.4, 0.5) is 5.69 Å². The van der Waals surface area contributed by atoms with Crippen LogP contribution in [0.5, 0.6) is 5.75 Å². The molecular weight excluding hydrogens is 384 g/mol. The molecule has 2 aromatic rings. The maximum absolute atomic E-state index is 12.2. The first-order valence-electron chi connectivity index (χ1n) is 8.40. The maximum Gasteiger partial charge on any atom is 0.344 e. The lowest BCUT2D eigenvalue weighted by Crippen LogP contribution is -2.31. The average Bonchev–Trinajstić information content (AvgIpc) is 2.62. The second kappa shape index (κ2) is 8.85. The lowest BCUT2D eigenvalue weighted by Gasteiger charge is -2.15. The molecule has 28 heavy (non-hydrogen) atoms. The van der Waals surface area contributed by atoms with Crippen LogP contribution in [0.2, 0.25) is 0 Å². The number of hydrogen-bond acceptors (Lipinski definition) is 6. The Morgan fingerprint density at radius 1 is 1.14 bits per heavy atom. The number of carbonyl (C=O) groups excluding carboxylic acids is 2. The van der Waals surface area contributed by atoms with Crippen molar-refractivity contribution in [1.82, 2.24) is 0 Å². The maximum atomic E-state index is 12.2. The highest BCUT2D eigenvalue weighted by atomic mass is 32.2. The van der Waals surface area contributed by atoms with Crippen LogP contribution < -0.4 is 15.2 Å². The molecule has 0 bridgehead atoms. The molecule has 0 spiro atoms. The number of sulfonamides is 1. The number of nitrogens with two attached hydrogens (primary N) is 1. The molecule has 3 N–H and O–H groups in total. The zero-order valence-electron chi connectivity index (χ0n) is 15.8. The second-order valence-electron chi connectivity index (χ2n) is 6.18. The van der Waals surface area contributed by atoms with Gasteiger partial charge in [-0.05, 0) is 56.2 Å².